The molecule has 1 rings (SSSR count). The number of amides is 1. The van der Waals surface area contributed by atoms with Crippen LogP contribution in [-0.2, 0) is 19.1 Å². The molecule has 0 aromatic heterocycles. The van der Waals surface area contributed by atoms with Crippen LogP contribution in [0.4, 0.5) is 4.39 Å². The van der Waals surface area contributed by atoms with Crippen molar-refractivity contribution < 1.29 is 23.5 Å². The molecule has 6 heteroatoms. The average Bonchev–Trinajstić information content (AvgIpc) is 2.84. The lowest BCUT2D eigenvalue weighted by Crippen LogP contribution is -2.45. The van der Waals surface area contributed by atoms with Crippen LogP contribution in [0.25, 0.3) is 0 Å². The molecule has 3 unspecified atom stereocenters. The summed E-state index contributed by atoms with van der Waals surface area (Å²) in [6, 6.07) is -0.709. The number of Topliss-reactive ketones (excluding diaryl/α,β-unsaturated/α-hetero) is 1. The lowest BCUT2D eigenvalue weighted by atomic mass is 9.90. The van der Waals surface area contributed by atoms with E-state index in [1.54, 1.807) is 0 Å². The second-order valence-corrected chi connectivity index (χ2v) is 7.03. The topological polar surface area (TPSA) is 63.7 Å². The Balaban J connectivity index is 2.91. The molecule has 1 amide bonds. The van der Waals surface area contributed by atoms with E-state index in [4.69, 9.17) is 0 Å². The summed E-state index contributed by atoms with van der Waals surface area (Å²) in [5, 5.41) is 0. The molecule has 0 bridgehead atoms. The number of halogens is 1. The van der Waals surface area contributed by atoms with E-state index in [1.165, 1.54) is 12.0 Å². The van der Waals surface area contributed by atoms with Crippen molar-refractivity contribution in [3.8, 4) is 0 Å². The Bertz CT molecular complexity index is 450. The summed E-state index contributed by atoms with van der Waals surface area (Å²) in [7, 11) is 1.27. The maximum atomic E-state index is 13.8. The number of hydrogen-bond acceptors (Lipinski definition) is 4. The largest absolute Gasteiger partial charge is 0.469 e. The predicted molar refractivity (Wildman–Crippen MR) is 84.4 cm³/mol. The maximum Gasteiger partial charge on any atom is 0.306 e. The van der Waals surface area contributed by atoms with E-state index in [2.05, 4.69) is 4.74 Å². The Morgan fingerprint density at radius 3 is 2.26 bits per heavy atom. The smallest absolute Gasteiger partial charge is 0.306 e. The van der Waals surface area contributed by atoms with Crippen molar-refractivity contribution in [3.63, 3.8) is 0 Å². The van der Waals surface area contributed by atoms with Gasteiger partial charge in [0.05, 0.1) is 32.0 Å². The third-order valence-corrected chi connectivity index (χ3v) is 4.25. The van der Waals surface area contributed by atoms with Crippen LogP contribution < -0.4 is 0 Å². The number of alkyl halides is 1. The van der Waals surface area contributed by atoms with Crippen molar-refractivity contribution in [3.05, 3.63) is 0 Å². The van der Waals surface area contributed by atoms with Crippen LogP contribution in [0.1, 0.15) is 47.0 Å². The molecule has 0 aromatic rings. The van der Waals surface area contributed by atoms with Crippen LogP contribution in [0.2, 0.25) is 0 Å². The fourth-order valence-electron chi connectivity index (χ4n) is 2.96. The van der Waals surface area contributed by atoms with Gasteiger partial charge in [-0.25, -0.2) is 4.39 Å². The van der Waals surface area contributed by atoms with E-state index in [0.717, 1.165) is 0 Å². The first-order valence-corrected chi connectivity index (χ1v) is 8.21. The molecule has 1 saturated heterocycles. The second-order valence-electron chi connectivity index (χ2n) is 7.03. The van der Waals surface area contributed by atoms with Gasteiger partial charge < -0.3 is 9.64 Å². The molecule has 0 radical (unpaired) electrons. The highest BCUT2D eigenvalue weighted by molar-refractivity contribution is 5.92. The van der Waals surface area contributed by atoms with Crippen molar-refractivity contribution in [2.45, 2.75) is 59.2 Å². The Kier molecular flexibility index (Phi) is 7.16. The number of carbonyl (C=O) groups excluding carboxylic acids is 3. The van der Waals surface area contributed by atoms with Gasteiger partial charge in [0.25, 0.3) is 0 Å². The van der Waals surface area contributed by atoms with Gasteiger partial charge >= 0.3 is 5.97 Å². The molecule has 23 heavy (non-hydrogen) atoms. The van der Waals surface area contributed by atoms with Crippen molar-refractivity contribution in [2.75, 3.05) is 13.7 Å². The third-order valence-electron chi connectivity index (χ3n) is 4.25. The first kappa shape index (κ1) is 19.6. The molecule has 0 aliphatic carbocycles. The number of ether oxygens (including phenoxy) is 1. The minimum Gasteiger partial charge on any atom is -0.469 e. The Labute approximate surface area is 137 Å². The molecule has 0 aromatic carbocycles. The number of ketones is 1. The van der Waals surface area contributed by atoms with Crippen molar-refractivity contribution in [1.82, 2.24) is 4.90 Å². The summed E-state index contributed by atoms with van der Waals surface area (Å²) >= 11 is 0. The monoisotopic (exact) mass is 329 g/mol. The number of rotatable bonds is 7. The van der Waals surface area contributed by atoms with E-state index in [1.807, 2.05) is 27.7 Å². The molecular formula is C17H28FNO4. The van der Waals surface area contributed by atoms with E-state index in [9.17, 15) is 18.8 Å². The summed E-state index contributed by atoms with van der Waals surface area (Å²) in [6.07, 6.45) is -0.859. The molecular weight excluding hydrogens is 301 g/mol. The molecule has 0 saturated carbocycles. The van der Waals surface area contributed by atoms with Crippen LogP contribution in [0, 0.1) is 17.8 Å². The highest BCUT2D eigenvalue weighted by Gasteiger charge is 2.42. The predicted octanol–water partition coefficient (Wildman–Crippen LogP) is 2.38. The zero-order valence-electron chi connectivity index (χ0n) is 14.7. The minimum absolute atomic E-state index is 0.0501. The van der Waals surface area contributed by atoms with Crippen molar-refractivity contribution in [1.29, 1.82) is 0 Å². The maximum absolute atomic E-state index is 13.8. The number of hydrogen-bond donors (Lipinski definition) is 0. The number of carbonyl (C=O) groups is 3. The average molecular weight is 329 g/mol. The molecule has 5 nitrogen and oxygen atoms in total. The van der Waals surface area contributed by atoms with E-state index < -0.39 is 24.1 Å². The van der Waals surface area contributed by atoms with Gasteiger partial charge in [-0.05, 0) is 11.8 Å². The van der Waals surface area contributed by atoms with E-state index in [-0.39, 0.29) is 42.9 Å². The molecule has 0 spiro atoms. The zero-order valence-corrected chi connectivity index (χ0v) is 14.7. The van der Waals surface area contributed by atoms with Crippen LogP contribution in [0.3, 0.4) is 0 Å². The first-order chi connectivity index (χ1) is 10.7. The highest BCUT2D eigenvalue weighted by Crippen LogP contribution is 2.28. The second kappa shape index (κ2) is 8.41. The summed E-state index contributed by atoms with van der Waals surface area (Å²) in [4.78, 5) is 38.0. The number of methoxy groups -OCH3 is 1. The highest BCUT2D eigenvalue weighted by atomic mass is 19.1. The van der Waals surface area contributed by atoms with Gasteiger partial charge in [0, 0.05) is 12.8 Å². The molecule has 1 aliphatic heterocycles. The fourth-order valence-corrected chi connectivity index (χ4v) is 2.96. The van der Waals surface area contributed by atoms with Crippen LogP contribution >= 0.6 is 0 Å². The third kappa shape index (κ3) is 5.29. The van der Waals surface area contributed by atoms with E-state index in [0.29, 0.717) is 6.42 Å². The molecule has 1 aliphatic rings. The van der Waals surface area contributed by atoms with Gasteiger partial charge in [-0.15, -0.1) is 0 Å². The van der Waals surface area contributed by atoms with Gasteiger partial charge in [-0.3, -0.25) is 14.4 Å². The quantitative estimate of drug-likeness (QED) is 0.673. The molecule has 1 heterocycles. The number of esters is 1. The molecule has 0 N–H and O–H groups in total. The van der Waals surface area contributed by atoms with Gasteiger partial charge in [0.1, 0.15) is 6.17 Å². The molecule has 1 fully saturated rings. The van der Waals surface area contributed by atoms with Crippen molar-refractivity contribution >= 4 is 17.7 Å². The lowest BCUT2D eigenvalue weighted by molar-refractivity contribution is -0.149. The van der Waals surface area contributed by atoms with Gasteiger partial charge in [-0.2, -0.15) is 0 Å². The Morgan fingerprint density at radius 2 is 1.78 bits per heavy atom. The van der Waals surface area contributed by atoms with Crippen LogP contribution in [-0.4, -0.2) is 48.4 Å². The van der Waals surface area contributed by atoms with Crippen LogP contribution in [0.5, 0.6) is 0 Å². The number of nitrogens with zero attached hydrogens (tertiary/aromatic N) is 1. The summed E-state index contributed by atoms with van der Waals surface area (Å²) in [5.41, 5.74) is 0. The van der Waals surface area contributed by atoms with Gasteiger partial charge in [-0.1, -0.05) is 27.7 Å². The van der Waals surface area contributed by atoms with Crippen molar-refractivity contribution in [2.24, 2.45) is 17.8 Å². The Hall–Kier alpha value is -1.46. The summed E-state index contributed by atoms with van der Waals surface area (Å²) in [5.74, 6) is -1.43. The lowest BCUT2D eigenvalue weighted by Gasteiger charge is -2.29. The standard InChI is InChI=1S/C17H28FNO4/c1-10(2)6-15(20)14-7-12(18)9-19(14)17(22)13(11(3)4)8-16(21)23-5/h10-14H,6-9H2,1-5H3. The Morgan fingerprint density at radius 1 is 1.17 bits per heavy atom. The first-order valence-electron chi connectivity index (χ1n) is 8.21. The SMILES string of the molecule is COC(=O)CC(C(=O)N1CC(F)CC1C(=O)CC(C)C)C(C)C. The molecule has 132 valence electrons. The summed E-state index contributed by atoms with van der Waals surface area (Å²) in [6.45, 7) is 7.43. The minimum atomic E-state index is -1.19. The molecule has 3 atom stereocenters. The zero-order chi connectivity index (χ0) is 17.7. The van der Waals surface area contributed by atoms with Gasteiger partial charge in [0.15, 0.2) is 5.78 Å². The van der Waals surface area contributed by atoms with E-state index >= 15 is 0 Å². The van der Waals surface area contributed by atoms with Crippen LogP contribution in [0.15, 0.2) is 0 Å². The fraction of sp³-hybridized carbons (Fsp3) is 0.824. The normalized spacial score (nSPS) is 22.5. The summed E-state index contributed by atoms with van der Waals surface area (Å²) < 4.78 is 18.5. The number of likely N-dealkylation sites (tertiary alicyclic amines) is 1. The van der Waals surface area contributed by atoms with Gasteiger partial charge in [0.2, 0.25) is 5.91 Å².